The van der Waals surface area contributed by atoms with Gasteiger partial charge in [0.25, 0.3) is 0 Å². The average molecular weight is 271 g/mol. The van der Waals surface area contributed by atoms with Crippen LogP contribution in [-0.2, 0) is 14.3 Å². The normalized spacial score (nSPS) is 21.4. The molecule has 0 aromatic carbocycles. The number of rotatable bonds is 6. The highest BCUT2D eigenvalue weighted by molar-refractivity contribution is 5.86. The Labute approximate surface area is 113 Å². The molecule has 0 saturated carbocycles. The fraction of sp³-hybridized carbons (Fsp3) is 0.714. The van der Waals surface area contributed by atoms with Crippen LogP contribution in [0.3, 0.4) is 0 Å². The first-order chi connectivity index (χ1) is 8.99. The monoisotopic (exact) mass is 271 g/mol. The van der Waals surface area contributed by atoms with Gasteiger partial charge in [-0.25, -0.2) is 9.18 Å². The van der Waals surface area contributed by atoms with Crippen LogP contribution in [0, 0.1) is 11.8 Å². The van der Waals surface area contributed by atoms with Crippen molar-refractivity contribution in [2.45, 2.75) is 39.7 Å². The zero-order valence-electron chi connectivity index (χ0n) is 11.8. The zero-order valence-corrected chi connectivity index (χ0v) is 11.8. The highest BCUT2D eigenvalue weighted by Crippen LogP contribution is 2.23. The Morgan fingerprint density at radius 2 is 2.26 bits per heavy atom. The van der Waals surface area contributed by atoms with Crippen LogP contribution in [0.2, 0.25) is 0 Å². The number of esters is 1. The summed E-state index contributed by atoms with van der Waals surface area (Å²) in [5, 5.41) is 0. The number of likely N-dealkylation sites (tertiary alicyclic amines) is 1. The molecule has 1 aliphatic heterocycles. The Morgan fingerprint density at radius 1 is 1.58 bits per heavy atom. The van der Waals surface area contributed by atoms with Crippen molar-refractivity contribution in [1.82, 2.24) is 4.90 Å². The molecule has 1 rings (SSSR count). The van der Waals surface area contributed by atoms with Gasteiger partial charge in [0.2, 0.25) is 5.91 Å². The summed E-state index contributed by atoms with van der Waals surface area (Å²) in [6, 6.07) is -0.552. The molecule has 19 heavy (non-hydrogen) atoms. The minimum atomic E-state index is -0.552. The van der Waals surface area contributed by atoms with Gasteiger partial charge in [0.1, 0.15) is 6.04 Å². The van der Waals surface area contributed by atoms with Crippen LogP contribution >= 0.6 is 0 Å². The van der Waals surface area contributed by atoms with Gasteiger partial charge >= 0.3 is 5.97 Å². The van der Waals surface area contributed by atoms with Gasteiger partial charge in [-0.1, -0.05) is 26.8 Å². The number of ether oxygens (including phenoxy) is 1. The summed E-state index contributed by atoms with van der Waals surface area (Å²) in [5.74, 6) is -0.367. The summed E-state index contributed by atoms with van der Waals surface area (Å²) in [6.45, 7) is 6.49. The summed E-state index contributed by atoms with van der Waals surface area (Å²) in [5.41, 5.74) is 0. The van der Waals surface area contributed by atoms with Crippen molar-refractivity contribution in [3.05, 3.63) is 12.4 Å². The number of carbonyl (C=O) groups is 2. The first-order valence-electron chi connectivity index (χ1n) is 6.72. The molecule has 1 saturated heterocycles. The van der Waals surface area contributed by atoms with Gasteiger partial charge in [-0.05, 0) is 12.3 Å². The fourth-order valence-corrected chi connectivity index (χ4v) is 2.15. The van der Waals surface area contributed by atoms with Gasteiger partial charge < -0.3 is 9.64 Å². The summed E-state index contributed by atoms with van der Waals surface area (Å²) >= 11 is 0. The maximum Gasteiger partial charge on any atom is 0.328 e. The molecule has 2 atom stereocenters. The molecule has 0 radical (unpaired) electrons. The van der Waals surface area contributed by atoms with E-state index in [1.54, 1.807) is 0 Å². The molecule has 0 N–H and O–H groups in total. The van der Waals surface area contributed by atoms with Crippen LogP contribution in [0.5, 0.6) is 0 Å². The highest BCUT2D eigenvalue weighted by Gasteiger charge is 2.36. The lowest BCUT2D eigenvalue weighted by Gasteiger charge is -2.25. The van der Waals surface area contributed by atoms with Crippen molar-refractivity contribution < 1.29 is 18.7 Å². The molecule has 1 heterocycles. The van der Waals surface area contributed by atoms with Gasteiger partial charge in [-0.2, -0.15) is 0 Å². The van der Waals surface area contributed by atoms with Gasteiger partial charge in [0.05, 0.1) is 12.9 Å². The third-order valence-electron chi connectivity index (χ3n) is 3.13. The number of hydrogen-bond acceptors (Lipinski definition) is 3. The topological polar surface area (TPSA) is 46.6 Å². The Balaban J connectivity index is 2.64. The summed E-state index contributed by atoms with van der Waals surface area (Å²) in [4.78, 5) is 25.3. The molecule has 0 spiro atoms. The predicted molar refractivity (Wildman–Crippen MR) is 69.9 cm³/mol. The van der Waals surface area contributed by atoms with E-state index in [2.05, 4.69) is 0 Å². The SMILES string of the molecule is CCC(C(=O)OCC(C)C)N1CC(C=CF)CC1=O. The van der Waals surface area contributed by atoms with Gasteiger partial charge in [0.15, 0.2) is 0 Å². The maximum atomic E-state index is 12.1. The Bertz CT molecular complexity index is 355. The van der Waals surface area contributed by atoms with E-state index in [0.29, 0.717) is 25.9 Å². The lowest BCUT2D eigenvalue weighted by molar-refractivity contribution is -0.154. The van der Waals surface area contributed by atoms with Crippen LogP contribution < -0.4 is 0 Å². The largest absolute Gasteiger partial charge is 0.464 e. The van der Waals surface area contributed by atoms with Crippen molar-refractivity contribution in [3.8, 4) is 0 Å². The summed E-state index contributed by atoms with van der Waals surface area (Å²) < 4.78 is 17.3. The van der Waals surface area contributed by atoms with Crippen LogP contribution in [0.1, 0.15) is 33.6 Å². The van der Waals surface area contributed by atoms with Crippen LogP contribution in [0.15, 0.2) is 12.4 Å². The molecule has 4 nitrogen and oxygen atoms in total. The Hall–Kier alpha value is -1.39. The number of halogens is 1. The molecular weight excluding hydrogens is 249 g/mol. The zero-order chi connectivity index (χ0) is 14.4. The summed E-state index contributed by atoms with van der Waals surface area (Å²) in [6.07, 6.45) is 2.59. The lowest BCUT2D eigenvalue weighted by atomic mass is 10.1. The molecule has 1 amide bonds. The van der Waals surface area contributed by atoms with E-state index >= 15 is 0 Å². The number of amides is 1. The molecule has 0 bridgehead atoms. The van der Waals surface area contributed by atoms with Crippen LogP contribution in [0.25, 0.3) is 0 Å². The van der Waals surface area contributed by atoms with Crippen molar-refractivity contribution in [2.24, 2.45) is 11.8 Å². The summed E-state index contributed by atoms with van der Waals surface area (Å²) in [7, 11) is 0. The van der Waals surface area contributed by atoms with E-state index in [1.807, 2.05) is 20.8 Å². The minimum Gasteiger partial charge on any atom is -0.464 e. The van der Waals surface area contributed by atoms with Crippen molar-refractivity contribution in [1.29, 1.82) is 0 Å². The number of nitrogens with zero attached hydrogens (tertiary/aromatic N) is 1. The molecule has 0 aromatic rings. The van der Waals surface area contributed by atoms with Crippen molar-refractivity contribution >= 4 is 11.9 Å². The van der Waals surface area contributed by atoms with E-state index in [9.17, 15) is 14.0 Å². The number of carbonyl (C=O) groups excluding carboxylic acids is 2. The van der Waals surface area contributed by atoms with E-state index < -0.39 is 6.04 Å². The highest BCUT2D eigenvalue weighted by atomic mass is 19.1. The van der Waals surface area contributed by atoms with Crippen molar-refractivity contribution in [3.63, 3.8) is 0 Å². The van der Waals surface area contributed by atoms with E-state index in [4.69, 9.17) is 4.74 Å². The molecule has 0 aliphatic carbocycles. The second kappa shape index (κ2) is 7.26. The predicted octanol–water partition coefficient (Wildman–Crippen LogP) is 2.30. The molecule has 1 fully saturated rings. The van der Waals surface area contributed by atoms with Gasteiger partial charge in [-0.15, -0.1) is 0 Å². The van der Waals surface area contributed by atoms with Gasteiger partial charge in [0, 0.05) is 18.9 Å². The Morgan fingerprint density at radius 3 is 2.79 bits per heavy atom. The second-order valence-electron chi connectivity index (χ2n) is 5.28. The first kappa shape index (κ1) is 15.7. The Kier molecular flexibility index (Phi) is 5.99. The quantitative estimate of drug-likeness (QED) is 0.696. The molecule has 1 aliphatic rings. The number of hydrogen-bond donors (Lipinski definition) is 0. The smallest absolute Gasteiger partial charge is 0.328 e. The van der Waals surface area contributed by atoms with Crippen LogP contribution in [0.4, 0.5) is 4.39 Å². The molecule has 0 aromatic heterocycles. The van der Waals surface area contributed by atoms with E-state index in [1.165, 1.54) is 11.0 Å². The van der Waals surface area contributed by atoms with Crippen molar-refractivity contribution in [2.75, 3.05) is 13.2 Å². The second-order valence-corrected chi connectivity index (χ2v) is 5.28. The standard InChI is InChI=1S/C14H22FNO3/c1-4-12(14(18)19-9-10(2)3)16-8-11(5-6-15)7-13(16)17/h5-6,10-12H,4,7-9H2,1-3H3. The fourth-order valence-electron chi connectivity index (χ4n) is 2.15. The maximum absolute atomic E-state index is 12.1. The first-order valence-corrected chi connectivity index (χ1v) is 6.72. The lowest BCUT2D eigenvalue weighted by Crippen LogP contribution is -2.43. The molecule has 2 unspecified atom stereocenters. The van der Waals surface area contributed by atoms with Gasteiger partial charge in [-0.3, -0.25) is 4.79 Å². The average Bonchev–Trinajstić information content (AvgIpc) is 2.69. The molecule has 108 valence electrons. The molecule has 5 heteroatoms. The van der Waals surface area contributed by atoms with E-state index in [0.717, 1.165) is 0 Å². The molecular formula is C14H22FNO3. The minimum absolute atomic E-state index is 0.114. The van der Waals surface area contributed by atoms with Crippen LogP contribution in [-0.4, -0.2) is 36.0 Å². The van der Waals surface area contributed by atoms with E-state index in [-0.39, 0.29) is 30.1 Å². The third kappa shape index (κ3) is 4.33. The third-order valence-corrected chi connectivity index (χ3v) is 3.13.